The van der Waals surface area contributed by atoms with Crippen LogP contribution in [0.5, 0.6) is 0 Å². The molecule has 0 spiro atoms. The van der Waals surface area contributed by atoms with Gasteiger partial charge in [0.15, 0.2) is 0 Å². The first-order valence-corrected chi connectivity index (χ1v) is 7.10. The monoisotopic (exact) mass is 298 g/mol. The Morgan fingerprint density at radius 3 is 2.35 bits per heavy atom. The molecule has 0 aliphatic carbocycles. The van der Waals surface area contributed by atoms with Crippen LogP contribution in [0, 0.1) is 11.8 Å². The lowest BCUT2D eigenvalue weighted by Crippen LogP contribution is -2.36. The van der Waals surface area contributed by atoms with Gasteiger partial charge in [0.25, 0.3) is 0 Å². The topological polar surface area (TPSA) is 55.1 Å². The standard InChI is InChI=1S/C16H26N2O.ClH/c1-12(2)8-7-11-18-16(19)13(3)15(17)14-9-5-4-6-10-14;/h4-6,9-10,12-13,15H,7-8,11,17H2,1-3H3,(H,18,19);1H. The van der Waals surface area contributed by atoms with Gasteiger partial charge in [0.05, 0.1) is 5.92 Å². The van der Waals surface area contributed by atoms with Gasteiger partial charge >= 0.3 is 0 Å². The van der Waals surface area contributed by atoms with Crippen molar-refractivity contribution in [2.45, 2.75) is 39.7 Å². The van der Waals surface area contributed by atoms with E-state index < -0.39 is 0 Å². The van der Waals surface area contributed by atoms with Crippen LogP contribution in [0.15, 0.2) is 30.3 Å². The zero-order valence-electron chi connectivity index (χ0n) is 12.6. The van der Waals surface area contributed by atoms with Crippen molar-refractivity contribution in [2.24, 2.45) is 17.6 Å². The van der Waals surface area contributed by atoms with Gasteiger partial charge in [-0.2, -0.15) is 0 Å². The number of hydrogen-bond acceptors (Lipinski definition) is 2. The second-order valence-corrected chi connectivity index (χ2v) is 5.55. The summed E-state index contributed by atoms with van der Waals surface area (Å²) in [5.74, 6) is 0.516. The lowest BCUT2D eigenvalue weighted by Gasteiger charge is -2.20. The second kappa shape index (κ2) is 9.78. The maximum Gasteiger partial charge on any atom is 0.224 e. The van der Waals surface area contributed by atoms with Crippen LogP contribution in [0.4, 0.5) is 0 Å². The van der Waals surface area contributed by atoms with Crippen LogP contribution in [0.2, 0.25) is 0 Å². The summed E-state index contributed by atoms with van der Waals surface area (Å²) in [5, 5.41) is 2.97. The molecule has 0 saturated heterocycles. The molecule has 0 aromatic heterocycles. The van der Waals surface area contributed by atoms with Crippen molar-refractivity contribution in [1.29, 1.82) is 0 Å². The fraction of sp³-hybridized carbons (Fsp3) is 0.562. The second-order valence-electron chi connectivity index (χ2n) is 5.55. The molecule has 1 aromatic rings. The van der Waals surface area contributed by atoms with Crippen molar-refractivity contribution < 1.29 is 4.79 Å². The molecule has 20 heavy (non-hydrogen) atoms. The Hall–Kier alpha value is -1.06. The largest absolute Gasteiger partial charge is 0.356 e. The van der Waals surface area contributed by atoms with Gasteiger partial charge in [0.2, 0.25) is 5.91 Å². The lowest BCUT2D eigenvalue weighted by atomic mass is 9.94. The smallest absolute Gasteiger partial charge is 0.224 e. The molecule has 0 fully saturated rings. The lowest BCUT2D eigenvalue weighted by molar-refractivity contribution is -0.125. The van der Waals surface area contributed by atoms with Crippen molar-refractivity contribution in [3.63, 3.8) is 0 Å². The predicted molar refractivity (Wildman–Crippen MR) is 86.9 cm³/mol. The van der Waals surface area contributed by atoms with Gasteiger partial charge in [-0.05, 0) is 24.3 Å². The Morgan fingerprint density at radius 1 is 1.20 bits per heavy atom. The Kier molecular flexibility index (Phi) is 9.26. The van der Waals surface area contributed by atoms with E-state index in [2.05, 4.69) is 19.2 Å². The van der Waals surface area contributed by atoms with Gasteiger partial charge in [0, 0.05) is 12.6 Å². The van der Waals surface area contributed by atoms with E-state index in [4.69, 9.17) is 5.73 Å². The third-order valence-electron chi connectivity index (χ3n) is 3.39. The number of carbonyl (C=O) groups excluding carboxylic acids is 1. The third kappa shape index (κ3) is 6.40. The van der Waals surface area contributed by atoms with Crippen LogP contribution < -0.4 is 11.1 Å². The zero-order valence-corrected chi connectivity index (χ0v) is 13.5. The number of amides is 1. The molecule has 0 saturated carbocycles. The molecule has 1 rings (SSSR count). The van der Waals surface area contributed by atoms with E-state index in [1.165, 1.54) is 0 Å². The first-order chi connectivity index (χ1) is 9.02. The van der Waals surface area contributed by atoms with Crippen molar-refractivity contribution >= 4 is 18.3 Å². The van der Waals surface area contributed by atoms with Gasteiger partial charge in [-0.15, -0.1) is 12.4 Å². The highest BCUT2D eigenvalue weighted by Gasteiger charge is 2.21. The van der Waals surface area contributed by atoms with Crippen molar-refractivity contribution in [2.75, 3.05) is 6.54 Å². The number of hydrogen-bond donors (Lipinski definition) is 2. The highest BCUT2D eigenvalue weighted by Crippen LogP contribution is 2.18. The minimum Gasteiger partial charge on any atom is -0.356 e. The zero-order chi connectivity index (χ0) is 14.3. The van der Waals surface area contributed by atoms with Gasteiger partial charge in [-0.3, -0.25) is 4.79 Å². The van der Waals surface area contributed by atoms with Crippen LogP contribution in [0.3, 0.4) is 0 Å². The maximum atomic E-state index is 12.0. The average molecular weight is 299 g/mol. The molecule has 2 atom stereocenters. The summed E-state index contributed by atoms with van der Waals surface area (Å²) in [6, 6.07) is 9.53. The number of nitrogens with one attached hydrogen (secondary N) is 1. The van der Waals surface area contributed by atoms with E-state index in [1.54, 1.807) is 0 Å². The summed E-state index contributed by atoms with van der Waals surface area (Å²) < 4.78 is 0. The molecule has 1 aromatic carbocycles. The summed E-state index contributed by atoms with van der Waals surface area (Å²) >= 11 is 0. The Labute approximate surface area is 128 Å². The Morgan fingerprint density at radius 2 is 1.80 bits per heavy atom. The molecule has 3 N–H and O–H groups in total. The van der Waals surface area contributed by atoms with Crippen LogP contribution >= 0.6 is 12.4 Å². The molecule has 0 radical (unpaired) electrons. The van der Waals surface area contributed by atoms with E-state index in [-0.39, 0.29) is 30.3 Å². The molecule has 114 valence electrons. The summed E-state index contributed by atoms with van der Waals surface area (Å²) in [7, 11) is 0. The average Bonchev–Trinajstić information content (AvgIpc) is 2.42. The Balaban J connectivity index is 0.00000361. The number of halogens is 1. The van der Waals surface area contributed by atoms with E-state index in [1.807, 2.05) is 37.3 Å². The SMILES string of the molecule is CC(C)CCCNC(=O)C(C)C(N)c1ccccc1.Cl. The number of carbonyl (C=O) groups is 1. The number of rotatable bonds is 7. The molecule has 0 aliphatic heterocycles. The maximum absolute atomic E-state index is 12.0. The molecular formula is C16H27ClN2O. The highest BCUT2D eigenvalue weighted by molar-refractivity contribution is 5.85. The van der Waals surface area contributed by atoms with E-state index >= 15 is 0 Å². The van der Waals surface area contributed by atoms with Crippen molar-refractivity contribution in [1.82, 2.24) is 5.32 Å². The fourth-order valence-electron chi connectivity index (χ4n) is 2.01. The normalized spacial score (nSPS) is 13.4. The quantitative estimate of drug-likeness (QED) is 0.759. The molecule has 0 bridgehead atoms. The first kappa shape index (κ1) is 18.9. The minimum atomic E-state index is -0.244. The van der Waals surface area contributed by atoms with Gasteiger partial charge in [-0.25, -0.2) is 0 Å². The molecule has 1 amide bonds. The molecule has 0 heterocycles. The molecule has 4 heteroatoms. The van der Waals surface area contributed by atoms with E-state index in [9.17, 15) is 4.79 Å². The fourth-order valence-corrected chi connectivity index (χ4v) is 2.01. The van der Waals surface area contributed by atoms with Crippen molar-refractivity contribution in [3.8, 4) is 0 Å². The third-order valence-corrected chi connectivity index (χ3v) is 3.39. The molecule has 2 unspecified atom stereocenters. The Bertz CT molecular complexity index is 381. The van der Waals surface area contributed by atoms with Gasteiger partial charge in [-0.1, -0.05) is 51.1 Å². The highest BCUT2D eigenvalue weighted by atomic mass is 35.5. The van der Waals surface area contributed by atoms with Crippen LogP contribution in [0.1, 0.15) is 45.2 Å². The molecule has 0 aliphatic rings. The summed E-state index contributed by atoms with van der Waals surface area (Å²) in [6.07, 6.45) is 2.16. The van der Waals surface area contributed by atoms with Gasteiger partial charge in [0.1, 0.15) is 0 Å². The number of nitrogens with two attached hydrogens (primary N) is 1. The number of benzene rings is 1. The summed E-state index contributed by atoms with van der Waals surface area (Å²) in [6.45, 7) is 7.00. The van der Waals surface area contributed by atoms with Crippen LogP contribution in [0.25, 0.3) is 0 Å². The van der Waals surface area contributed by atoms with E-state index in [0.29, 0.717) is 5.92 Å². The predicted octanol–water partition coefficient (Wildman–Crippen LogP) is 3.30. The van der Waals surface area contributed by atoms with Crippen LogP contribution in [-0.4, -0.2) is 12.5 Å². The minimum absolute atomic E-state index is 0. The van der Waals surface area contributed by atoms with Crippen LogP contribution in [-0.2, 0) is 4.79 Å². The van der Waals surface area contributed by atoms with Crippen molar-refractivity contribution in [3.05, 3.63) is 35.9 Å². The summed E-state index contributed by atoms with van der Waals surface area (Å²) in [5.41, 5.74) is 7.14. The van der Waals surface area contributed by atoms with E-state index in [0.717, 1.165) is 24.9 Å². The first-order valence-electron chi connectivity index (χ1n) is 7.10. The van der Waals surface area contributed by atoms with Gasteiger partial charge < -0.3 is 11.1 Å². The summed E-state index contributed by atoms with van der Waals surface area (Å²) in [4.78, 5) is 12.0. The molecule has 3 nitrogen and oxygen atoms in total. The molecular weight excluding hydrogens is 272 g/mol.